The molecule has 0 aromatic carbocycles. The summed E-state index contributed by atoms with van der Waals surface area (Å²) in [5.41, 5.74) is 0. The van der Waals surface area contributed by atoms with E-state index in [4.69, 9.17) is 0 Å². The van der Waals surface area contributed by atoms with E-state index >= 15 is 0 Å². The van der Waals surface area contributed by atoms with Gasteiger partial charge < -0.3 is 0 Å². The maximum Gasteiger partial charge on any atom is 0.238 e. The molecule has 1 amide bonds. The third-order valence-corrected chi connectivity index (χ3v) is 2.61. The number of anilines is 1. The molecule has 4 nitrogen and oxygen atoms in total. The zero-order chi connectivity index (χ0) is 9.26. The molecule has 0 fully saturated rings. The number of hydrogen-bond donors (Lipinski definition) is 0. The quantitative estimate of drug-likeness (QED) is 0.696. The number of carbonyl (C=O) groups excluding carboxylic acids is 1. The van der Waals surface area contributed by atoms with Gasteiger partial charge in [-0.05, 0) is 6.26 Å². The first-order valence-electron chi connectivity index (χ1n) is 4.14. The lowest BCUT2D eigenvalue weighted by molar-refractivity contribution is -0.116. The summed E-state index contributed by atoms with van der Waals surface area (Å²) in [7, 11) is 0. The zero-order valence-electron chi connectivity index (χ0n) is 7.43. The fraction of sp³-hybridized carbons (Fsp3) is 0.500. The van der Waals surface area contributed by atoms with Crippen LogP contribution in [0.5, 0.6) is 0 Å². The van der Waals surface area contributed by atoms with E-state index in [-0.39, 0.29) is 5.91 Å². The summed E-state index contributed by atoms with van der Waals surface area (Å²) >= 11 is 1.55. The predicted octanol–water partition coefficient (Wildman–Crippen LogP) is 0.593. The third kappa shape index (κ3) is 1.44. The summed E-state index contributed by atoms with van der Waals surface area (Å²) in [6.45, 7) is 1.59. The second kappa shape index (κ2) is 3.41. The molecule has 0 bridgehead atoms. The molecule has 1 aromatic rings. The monoisotopic (exact) mass is 197 g/mol. The topological polar surface area (TPSA) is 38.1 Å². The van der Waals surface area contributed by atoms with Gasteiger partial charge in [0.25, 0.3) is 0 Å². The number of aromatic nitrogens is 2. The van der Waals surface area contributed by atoms with Crippen LogP contribution in [0.25, 0.3) is 0 Å². The van der Waals surface area contributed by atoms with Crippen LogP contribution in [0.4, 0.5) is 5.82 Å². The molecular formula is C8H11N3OS. The molecule has 0 radical (unpaired) electrons. The zero-order valence-corrected chi connectivity index (χ0v) is 8.25. The first-order valence-corrected chi connectivity index (χ1v) is 5.53. The second-order valence-electron chi connectivity index (χ2n) is 2.89. The summed E-state index contributed by atoms with van der Waals surface area (Å²) < 4.78 is 1.86. The van der Waals surface area contributed by atoms with Gasteiger partial charge in [0.1, 0.15) is 5.82 Å². The number of amides is 1. The highest BCUT2D eigenvalue weighted by atomic mass is 32.2. The van der Waals surface area contributed by atoms with Gasteiger partial charge in [0.05, 0.1) is 18.5 Å². The van der Waals surface area contributed by atoms with E-state index in [0.29, 0.717) is 5.75 Å². The first-order chi connectivity index (χ1) is 6.33. The molecule has 0 atom stereocenters. The number of thioether (sulfide) groups is 1. The molecule has 1 aromatic heterocycles. The van der Waals surface area contributed by atoms with Crippen LogP contribution in [-0.2, 0) is 11.3 Å². The van der Waals surface area contributed by atoms with E-state index in [9.17, 15) is 4.79 Å². The number of carbonyl (C=O) groups is 1. The van der Waals surface area contributed by atoms with Crippen LogP contribution in [0, 0.1) is 0 Å². The van der Waals surface area contributed by atoms with Crippen molar-refractivity contribution in [1.82, 2.24) is 9.78 Å². The minimum Gasteiger partial charge on any atom is -0.294 e. The fourth-order valence-corrected chi connectivity index (χ4v) is 1.89. The van der Waals surface area contributed by atoms with Crippen LogP contribution in [0.15, 0.2) is 12.3 Å². The van der Waals surface area contributed by atoms with Crippen LogP contribution in [0.2, 0.25) is 0 Å². The Kier molecular flexibility index (Phi) is 2.26. The Morgan fingerprint density at radius 3 is 3.31 bits per heavy atom. The molecular weight excluding hydrogens is 186 g/mol. The Hall–Kier alpha value is -0.970. The molecule has 0 unspecified atom stereocenters. The molecule has 70 valence electrons. The molecule has 13 heavy (non-hydrogen) atoms. The Labute approximate surface area is 80.9 Å². The highest BCUT2D eigenvalue weighted by Gasteiger charge is 2.24. The van der Waals surface area contributed by atoms with Gasteiger partial charge in [0.2, 0.25) is 5.91 Å². The van der Waals surface area contributed by atoms with Crippen molar-refractivity contribution in [1.29, 1.82) is 0 Å². The molecule has 5 heteroatoms. The van der Waals surface area contributed by atoms with Crippen molar-refractivity contribution in [3.05, 3.63) is 12.3 Å². The van der Waals surface area contributed by atoms with Crippen molar-refractivity contribution in [3.63, 3.8) is 0 Å². The summed E-state index contributed by atoms with van der Waals surface area (Å²) in [5, 5.41) is 4.11. The fourth-order valence-electron chi connectivity index (χ4n) is 1.49. The third-order valence-electron chi connectivity index (χ3n) is 2.07. The van der Waals surface area contributed by atoms with Gasteiger partial charge in [-0.1, -0.05) is 0 Å². The van der Waals surface area contributed by atoms with E-state index in [1.807, 2.05) is 17.0 Å². The highest BCUT2D eigenvalue weighted by Crippen LogP contribution is 2.20. The number of hydrogen-bond acceptors (Lipinski definition) is 3. The van der Waals surface area contributed by atoms with Gasteiger partial charge in [-0.15, -0.1) is 0 Å². The second-order valence-corrected chi connectivity index (χ2v) is 3.76. The first kappa shape index (κ1) is 8.62. The van der Waals surface area contributed by atoms with Crippen LogP contribution in [0.1, 0.15) is 0 Å². The number of nitrogens with zero attached hydrogens (tertiary/aromatic N) is 3. The predicted molar refractivity (Wildman–Crippen MR) is 53.0 cm³/mol. The van der Waals surface area contributed by atoms with Gasteiger partial charge >= 0.3 is 0 Å². The van der Waals surface area contributed by atoms with E-state index in [1.54, 1.807) is 22.9 Å². The SMILES string of the molecule is CSCC(=O)N1CCn2nccc21. The van der Waals surface area contributed by atoms with Crippen molar-refractivity contribution in [2.75, 3.05) is 23.5 Å². The average molecular weight is 197 g/mol. The van der Waals surface area contributed by atoms with Crippen molar-refractivity contribution < 1.29 is 4.79 Å². The minimum atomic E-state index is 0.173. The molecule has 1 aliphatic rings. The summed E-state index contributed by atoms with van der Waals surface area (Å²) in [4.78, 5) is 13.4. The Morgan fingerprint density at radius 1 is 1.69 bits per heavy atom. The lowest BCUT2D eigenvalue weighted by Crippen LogP contribution is -2.30. The van der Waals surface area contributed by atoms with Crippen molar-refractivity contribution in [3.8, 4) is 0 Å². The Morgan fingerprint density at radius 2 is 2.54 bits per heavy atom. The van der Waals surface area contributed by atoms with Gasteiger partial charge in [0.15, 0.2) is 0 Å². The van der Waals surface area contributed by atoms with E-state index < -0.39 is 0 Å². The maximum atomic E-state index is 11.6. The molecule has 0 saturated heterocycles. The van der Waals surface area contributed by atoms with E-state index in [2.05, 4.69) is 5.10 Å². The molecule has 0 N–H and O–H groups in total. The Bertz CT molecular complexity index is 323. The maximum absolute atomic E-state index is 11.6. The summed E-state index contributed by atoms with van der Waals surface area (Å²) in [6.07, 6.45) is 3.67. The Balaban J connectivity index is 2.16. The lowest BCUT2D eigenvalue weighted by atomic mass is 10.5. The van der Waals surface area contributed by atoms with Crippen LogP contribution >= 0.6 is 11.8 Å². The number of fused-ring (bicyclic) bond motifs is 1. The summed E-state index contributed by atoms with van der Waals surface area (Å²) in [5.74, 6) is 1.65. The normalized spacial score (nSPS) is 14.7. The molecule has 0 aliphatic carbocycles. The van der Waals surface area contributed by atoms with E-state index in [0.717, 1.165) is 18.9 Å². The van der Waals surface area contributed by atoms with Crippen molar-refractivity contribution in [2.24, 2.45) is 0 Å². The van der Waals surface area contributed by atoms with Crippen LogP contribution in [-0.4, -0.2) is 34.2 Å². The van der Waals surface area contributed by atoms with Crippen molar-refractivity contribution >= 4 is 23.5 Å². The standard InChI is InChI=1S/C8H11N3OS/c1-13-6-8(12)10-4-5-11-7(10)2-3-9-11/h2-3H,4-6H2,1H3. The molecule has 0 saturated carbocycles. The summed E-state index contributed by atoms with van der Waals surface area (Å²) in [6, 6.07) is 1.88. The molecule has 2 heterocycles. The largest absolute Gasteiger partial charge is 0.294 e. The van der Waals surface area contributed by atoms with Crippen LogP contribution in [0.3, 0.4) is 0 Å². The minimum absolute atomic E-state index is 0.173. The van der Waals surface area contributed by atoms with Gasteiger partial charge in [0, 0.05) is 12.6 Å². The van der Waals surface area contributed by atoms with E-state index in [1.165, 1.54) is 0 Å². The molecule has 1 aliphatic heterocycles. The van der Waals surface area contributed by atoms with Gasteiger partial charge in [-0.25, -0.2) is 4.68 Å². The lowest BCUT2D eigenvalue weighted by Gasteiger charge is -2.13. The van der Waals surface area contributed by atoms with Gasteiger partial charge in [-0.2, -0.15) is 16.9 Å². The van der Waals surface area contributed by atoms with Crippen LogP contribution < -0.4 is 4.90 Å². The van der Waals surface area contributed by atoms with Crippen molar-refractivity contribution in [2.45, 2.75) is 6.54 Å². The number of rotatable bonds is 2. The molecule has 2 rings (SSSR count). The average Bonchev–Trinajstić information content (AvgIpc) is 2.62. The highest BCUT2D eigenvalue weighted by molar-refractivity contribution is 7.99. The van der Waals surface area contributed by atoms with Gasteiger partial charge in [-0.3, -0.25) is 9.69 Å². The molecule has 0 spiro atoms. The smallest absolute Gasteiger partial charge is 0.238 e.